The number of aliphatic hydroxyl groups is 1. The van der Waals surface area contributed by atoms with Crippen molar-refractivity contribution in [3.63, 3.8) is 0 Å². The summed E-state index contributed by atoms with van der Waals surface area (Å²) < 4.78 is 68.4. The molecule has 0 amide bonds. The second-order valence-corrected chi connectivity index (χ2v) is 28.8. The highest BCUT2D eigenvalue weighted by molar-refractivity contribution is 7.47. The van der Waals surface area contributed by atoms with Gasteiger partial charge in [0.05, 0.1) is 32.8 Å². The maximum atomic E-state index is 13.1. The van der Waals surface area contributed by atoms with Crippen molar-refractivity contribution < 1.29 is 80.2 Å². The molecule has 0 heterocycles. The summed E-state index contributed by atoms with van der Waals surface area (Å²) in [6.07, 6.45) is 83.3. The number of phosphoric acid groups is 2. The maximum absolute atomic E-state index is 13.1. The van der Waals surface area contributed by atoms with Gasteiger partial charge in [-0.15, -0.1) is 0 Å². The second kappa shape index (κ2) is 74.5. The van der Waals surface area contributed by atoms with E-state index < -0.39 is 97.5 Å². The van der Waals surface area contributed by atoms with Crippen LogP contribution < -0.4 is 0 Å². The van der Waals surface area contributed by atoms with Gasteiger partial charge in [0.1, 0.15) is 19.3 Å². The molecule has 5 unspecified atom stereocenters. The lowest BCUT2D eigenvalue weighted by atomic mass is 10.1. The summed E-state index contributed by atoms with van der Waals surface area (Å²) in [5, 5.41) is 10.6. The van der Waals surface area contributed by atoms with Crippen LogP contribution in [0.5, 0.6) is 0 Å². The minimum Gasteiger partial charge on any atom is -0.462 e. The number of carbonyl (C=O) groups is 4. The standard InChI is InChI=1S/C83H140O17P2/c1-5-9-13-17-21-25-29-32-35-37-38-40-43-45-49-52-56-60-64-68-81(86)94-74-79(100-83(88)70-66-62-58-54-50-46-41-34-31-27-23-19-15-11-7-3)76-98-102(91,92)96-72-77(84)71-95-101(89,90)97-75-78(99-82(87)69-65-61-57-53-47-28-24-20-16-12-8-4)73-93-80(85)67-63-59-55-51-48-44-42-39-36-33-30-26-22-18-14-10-6-2/h10-11,14-15,21-23,25-27,32-36,38,40-41,50,54,62,66,77-79,84H,5-9,12-13,16-20,24,28-31,37,39,42-49,51-53,55-61,63-65,67-76H2,1-4H3,(H,89,90)(H,91,92)/b14-10-,15-11-,25-21-,26-22-,27-23-,35-32-,36-33-,40-38-,41-34-,54-50-,66-62-. The van der Waals surface area contributed by atoms with Crippen molar-refractivity contribution in [2.45, 2.75) is 329 Å². The molecule has 19 heteroatoms. The molecule has 0 rings (SSSR count). The van der Waals surface area contributed by atoms with Crippen molar-refractivity contribution in [1.29, 1.82) is 0 Å². The summed E-state index contributed by atoms with van der Waals surface area (Å²) >= 11 is 0. The van der Waals surface area contributed by atoms with Crippen molar-refractivity contribution in [3.8, 4) is 0 Å². The summed E-state index contributed by atoms with van der Waals surface area (Å²) in [7, 11) is -9.99. The van der Waals surface area contributed by atoms with Crippen LogP contribution in [-0.2, 0) is 65.4 Å². The van der Waals surface area contributed by atoms with Crippen molar-refractivity contribution in [3.05, 3.63) is 134 Å². The van der Waals surface area contributed by atoms with Crippen molar-refractivity contribution in [2.75, 3.05) is 39.6 Å². The summed E-state index contributed by atoms with van der Waals surface area (Å²) in [5.74, 6) is -2.34. The number of rotatable bonds is 73. The Kier molecular flexibility index (Phi) is 71.0. The number of unbranched alkanes of at least 4 members (excludes halogenated alkanes) is 26. The molecular weight excluding hydrogens is 1330 g/mol. The summed E-state index contributed by atoms with van der Waals surface area (Å²) in [4.78, 5) is 72.9. The third-order valence-corrected chi connectivity index (χ3v) is 18.0. The lowest BCUT2D eigenvalue weighted by Gasteiger charge is -2.21. The number of phosphoric ester groups is 2. The lowest BCUT2D eigenvalue weighted by molar-refractivity contribution is -0.161. The molecular formula is C83H140O17P2. The van der Waals surface area contributed by atoms with Crippen LogP contribution in [0.15, 0.2) is 134 Å². The monoisotopic (exact) mass is 1470 g/mol. The highest BCUT2D eigenvalue weighted by Gasteiger charge is 2.30. The topological polar surface area (TPSA) is 237 Å². The first kappa shape index (κ1) is 97.2. The van der Waals surface area contributed by atoms with Crippen LogP contribution in [0.2, 0.25) is 0 Å². The van der Waals surface area contributed by atoms with Crippen LogP contribution in [-0.4, -0.2) is 96.7 Å². The number of esters is 4. The van der Waals surface area contributed by atoms with Crippen LogP contribution in [0.25, 0.3) is 0 Å². The Morgan fingerprint density at radius 2 is 0.549 bits per heavy atom. The Morgan fingerprint density at radius 1 is 0.294 bits per heavy atom. The molecule has 0 saturated heterocycles. The smallest absolute Gasteiger partial charge is 0.462 e. The average Bonchev–Trinajstić information content (AvgIpc) is 0.936. The van der Waals surface area contributed by atoms with Gasteiger partial charge in [0.25, 0.3) is 0 Å². The first-order valence-electron chi connectivity index (χ1n) is 39.4. The van der Waals surface area contributed by atoms with E-state index in [1.54, 1.807) is 12.2 Å². The van der Waals surface area contributed by atoms with Crippen molar-refractivity contribution >= 4 is 39.5 Å². The third-order valence-electron chi connectivity index (χ3n) is 16.1. The molecule has 0 aliphatic carbocycles. The van der Waals surface area contributed by atoms with E-state index in [2.05, 4.69) is 137 Å². The number of allylic oxidation sites excluding steroid dienone is 21. The quantitative estimate of drug-likeness (QED) is 0.0169. The molecule has 0 fully saturated rings. The molecule has 102 heavy (non-hydrogen) atoms. The number of aliphatic hydroxyl groups excluding tert-OH is 1. The average molecular weight is 1470 g/mol. The van der Waals surface area contributed by atoms with Gasteiger partial charge in [-0.05, 0) is 122 Å². The normalized spacial score (nSPS) is 14.6. The fourth-order valence-electron chi connectivity index (χ4n) is 10.2. The molecule has 17 nitrogen and oxygen atoms in total. The first-order chi connectivity index (χ1) is 49.7. The Morgan fingerprint density at radius 3 is 0.892 bits per heavy atom. The van der Waals surface area contributed by atoms with Crippen LogP contribution in [0.4, 0.5) is 0 Å². The Labute approximate surface area is 618 Å². The summed E-state index contributed by atoms with van der Waals surface area (Å²) in [6, 6.07) is 0. The fourth-order valence-corrected chi connectivity index (χ4v) is 11.8. The van der Waals surface area contributed by atoms with E-state index in [1.165, 1.54) is 57.8 Å². The highest BCUT2D eigenvalue weighted by atomic mass is 31.2. The zero-order valence-corrected chi connectivity index (χ0v) is 65.5. The van der Waals surface area contributed by atoms with Crippen LogP contribution in [0, 0.1) is 0 Å². The van der Waals surface area contributed by atoms with E-state index in [4.69, 9.17) is 37.0 Å². The number of carbonyl (C=O) groups excluding carboxylic acids is 4. The van der Waals surface area contributed by atoms with Gasteiger partial charge in [0.15, 0.2) is 12.2 Å². The SMILES string of the molecule is CC/C=C\C/C=C\C/C=C\C/C=C\C/C=C\CC(=O)OC(COC(=O)CCCCCCCC/C=C\C/C=C\C/C=C\CCCCC)COP(=O)(O)OCC(O)COP(=O)(O)OCC(COC(=O)CCCCCCCCC/C=C\C/C=C\C/C=C\CC)OC(=O)CCCCCCCCCCCCC. The molecule has 0 aliphatic heterocycles. The third kappa shape index (κ3) is 73.5. The first-order valence-corrected chi connectivity index (χ1v) is 42.4. The van der Waals surface area contributed by atoms with Gasteiger partial charge < -0.3 is 33.8 Å². The van der Waals surface area contributed by atoms with Gasteiger partial charge in [0.2, 0.25) is 0 Å². The van der Waals surface area contributed by atoms with E-state index in [-0.39, 0.29) is 25.7 Å². The number of hydrogen-bond acceptors (Lipinski definition) is 15. The van der Waals surface area contributed by atoms with Gasteiger partial charge in [-0.3, -0.25) is 37.3 Å². The molecule has 0 aliphatic rings. The van der Waals surface area contributed by atoms with Gasteiger partial charge in [-0.25, -0.2) is 9.13 Å². The molecule has 0 aromatic heterocycles. The zero-order valence-electron chi connectivity index (χ0n) is 63.7. The molecule has 0 bridgehead atoms. The van der Waals surface area contributed by atoms with Gasteiger partial charge >= 0.3 is 39.5 Å². The van der Waals surface area contributed by atoms with E-state index in [1.807, 2.05) is 12.2 Å². The van der Waals surface area contributed by atoms with Gasteiger partial charge in [-0.2, -0.15) is 0 Å². The maximum Gasteiger partial charge on any atom is 0.472 e. The number of ether oxygens (including phenoxy) is 4. The predicted molar refractivity (Wildman–Crippen MR) is 418 cm³/mol. The van der Waals surface area contributed by atoms with Gasteiger partial charge in [-0.1, -0.05) is 296 Å². The Balaban J connectivity index is 5.39. The van der Waals surface area contributed by atoms with Crippen LogP contribution in [0.3, 0.4) is 0 Å². The van der Waals surface area contributed by atoms with Crippen molar-refractivity contribution in [2.24, 2.45) is 0 Å². The molecule has 0 spiro atoms. The molecule has 0 saturated carbocycles. The van der Waals surface area contributed by atoms with E-state index in [0.29, 0.717) is 25.7 Å². The molecule has 0 aromatic rings. The Hall–Kier alpha value is -4.80. The predicted octanol–water partition coefficient (Wildman–Crippen LogP) is 22.9. The zero-order chi connectivity index (χ0) is 74.6. The summed E-state index contributed by atoms with van der Waals surface area (Å²) in [6.45, 7) is 4.48. The van der Waals surface area contributed by atoms with E-state index in [0.717, 1.165) is 173 Å². The molecule has 3 N–H and O–H groups in total. The summed E-state index contributed by atoms with van der Waals surface area (Å²) in [5.41, 5.74) is 0. The van der Waals surface area contributed by atoms with E-state index >= 15 is 0 Å². The van der Waals surface area contributed by atoms with Crippen molar-refractivity contribution in [1.82, 2.24) is 0 Å². The van der Waals surface area contributed by atoms with Crippen LogP contribution >= 0.6 is 15.6 Å². The van der Waals surface area contributed by atoms with E-state index in [9.17, 15) is 43.2 Å². The lowest BCUT2D eigenvalue weighted by Crippen LogP contribution is -2.30. The molecule has 5 atom stereocenters. The number of hydrogen-bond donors (Lipinski definition) is 3. The fraction of sp³-hybridized carbons (Fsp3) is 0.687. The highest BCUT2D eigenvalue weighted by Crippen LogP contribution is 2.45. The minimum absolute atomic E-state index is 0.0900. The molecule has 0 aromatic carbocycles. The second-order valence-electron chi connectivity index (χ2n) is 25.9. The Bertz CT molecular complexity index is 2460. The van der Waals surface area contributed by atoms with Crippen LogP contribution in [0.1, 0.15) is 310 Å². The molecule has 0 radical (unpaired) electrons. The van der Waals surface area contributed by atoms with Gasteiger partial charge in [0, 0.05) is 19.3 Å². The largest absolute Gasteiger partial charge is 0.472 e. The molecule has 584 valence electrons. The minimum atomic E-state index is -5.01.